The zero-order chi connectivity index (χ0) is 22.8. The molecule has 3 aromatic rings. The average Bonchev–Trinajstić information content (AvgIpc) is 3.39. The molecule has 10 heteroatoms. The fourth-order valence-electron chi connectivity index (χ4n) is 3.61. The Morgan fingerprint density at radius 3 is 2.88 bits per heavy atom. The van der Waals surface area contributed by atoms with Crippen LogP contribution in [0.4, 0.5) is 5.69 Å². The number of hydrogen-bond acceptors (Lipinski definition) is 6. The zero-order valence-corrected chi connectivity index (χ0v) is 19.3. The first-order valence-corrected chi connectivity index (χ1v) is 11.5. The third-order valence-corrected chi connectivity index (χ3v) is 7.01. The van der Waals surface area contributed by atoms with Crippen molar-refractivity contribution >= 4 is 50.7 Å². The molecule has 1 saturated heterocycles. The lowest BCUT2D eigenvalue weighted by atomic mass is 10.2. The van der Waals surface area contributed by atoms with Gasteiger partial charge in [-0.05, 0) is 49.9 Å². The number of nitrogens with one attached hydrogen (secondary N) is 2. The minimum Gasteiger partial charge on any atom is -0.376 e. The predicted octanol–water partition coefficient (Wildman–Crippen LogP) is 3.28. The highest BCUT2D eigenvalue weighted by Crippen LogP contribution is 2.27. The van der Waals surface area contributed by atoms with Gasteiger partial charge in [-0.2, -0.15) is 0 Å². The van der Waals surface area contributed by atoms with Crippen LogP contribution in [-0.4, -0.2) is 40.6 Å². The molecule has 2 aromatic heterocycles. The first kappa shape index (κ1) is 22.4. The maximum absolute atomic E-state index is 13.0. The first-order chi connectivity index (χ1) is 15.3. The van der Waals surface area contributed by atoms with E-state index in [-0.39, 0.29) is 30.0 Å². The molecule has 8 nitrogen and oxygen atoms in total. The van der Waals surface area contributed by atoms with Crippen molar-refractivity contribution in [3.8, 4) is 0 Å². The molecule has 1 aliphatic rings. The second kappa shape index (κ2) is 9.40. The maximum Gasteiger partial charge on any atom is 0.262 e. The summed E-state index contributed by atoms with van der Waals surface area (Å²) in [6, 6.07) is 5.20. The maximum atomic E-state index is 13.0. The molecule has 1 atom stereocenters. The summed E-state index contributed by atoms with van der Waals surface area (Å²) in [5, 5.41) is 6.51. The lowest BCUT2D eigenvalue weighted by molar-refractivity contribution is -0.116. The van der Waals surface area contributed by atoms with E-state index in [9.17, 15) is 14.4 Å². The number of amides is 2. The van der Waals surface area contributed by atoms with Crippen LogP contribution in [0.2, 0.25) is 5.02 Å². The van der Waals surface area contributed by atoms with Crippen molar-refractivity contribution in [2.24, 2.45) is 0 Å². The second-order valence-electron chi connectivity index (χ2n) is 7.77. The molecule has 168 valence electrons. The van der Waals surface area contributed by atoms with Gasteiger partial charge in [0.25, 0.3) is 11.5 Å². The molecule has 1 aliphatic heterocycles. The van der Waals surface area contributed by atoms with E-state index in [4.69, 9.17) is 16.3 Å². The summed E-state index contributed by atoms with van der Waals surface area (Å²) in [4.78, 5) is 43.3. The molecular formula is C22H23ClN4O4S. The molecule has 1 fully saturated rings. The molecule has 2 amide bonds. The van der Waals surface area contributed by atoms with Crippen molar-refractivity contribution in [2.45, 2.75) is 39.3 Å². The largest absolute Gasteiger partial charge is 0.376 e. The van der Waals surface area contributed by atoms with Crippen LogP contribution in [0, 0.1) is 13.8 Å². The zero-order valence-electron chi connectivity index (χ0n) is 17.7. The SMILES string of the molecule is Cc1ccc(NC(=O)Cn2cnc3sc(C(=O)NC[C@@H]4CCCO4)c(C)c3c2=O)cc1Cl. The van der Waals surface area contributed by atoms with E-state index < -0.39 is 0 Å². The molecule has 1 aromatic carbocycles. The Morgan fingerprint density at radius 1 is 1.34 bits per heavy atom. The summed E-state index contributed by atoms with van der Waals surface area (Å²) in [6.07, 6.45) is 3.28. The Bertz CT molecular complexity index is 1250. The van der Waals surface area contributed by atoms with E-state index >= 15 is 0 Å². The Kier molecular flexibility index (Phi) is 6.59. The summed E-state index contributed by atoms with van der Waals surface area (Å²) < 4.78 is 6.77. The third kappa shape index (κ3) is 4.69. The fraction of sp³-hybridized carbons (Fsp3) is 0.364. The topological polar surface area (TPSA) is 102 Å². The Labute approximate surface area is 193 Å². The number of aromatic nitrogens is 2. The summed E-state index contributed by atoms with van der Waals surface area (Å²) in [6.45, 7) is 4.54. The molecule has 0 spiro atoms. The van der Waals surface area contributed by atoms with E-state index in [1.165, 1.54) is 22.2 Å². The van der Waals surface area contributed by atoms with Crippen molar-refractivity contribution in [1.82, 2.24) is 14.9 Å². The van der Waals surface area contributed by atoms with Crippen LogP contribution in [0.15, 0.2) is 29.3 Å². The van der Waals surface area contributed by atoms with Crippen LogP contribution in [0.25, 0.3) is 10.2 Å². The Morgan fingerprint density at radius 2 is 2.16 bits per heavy atom. The van der Waals surface area contributed by atoms with Crippen LogP contribution >= 0.6 is 22.9 Å². The van der Waals surface area contributed by atoms with E-state index in [1.807, 2.05) is 6.92 Å². The van der Waals surface area contributed by atoms with Gasteiger partial charge in [0.2, 0.25) is 5.91 Å². The van der Waals surface area contributed by atoms with Crippen LogP contribution in [0.1, 0.15) is 33.6 Å². The lowest BCUT2D eigenvalue weighted by Gasteiger charge is -2.10. The standard InChI is InChI=1S/C22H23ClN4O4S/c1-12-5-6-14(8-16(12)23)26-17(28)10-27-11-25-21-18(22(27)30)13(2)19(32-21)20(29)24-9-15-4-3-7-31-15/h5-6,8,11,15H,3-4,7,9-10H2,1-2H3,(H,24,29)(H,26,28)/t15-/m0/s1. The van der Waals surface area contributed by atoms with Crippen molar-refractivity contribution in [3.05, 3.63) is 55.9 Å². The Hall–Kier alpha value is -2.75. The Balaban J connectivity index is 1.51. The van der Waals surface area contributed by atoms with Crippen LogP contribution < -0.4 is 16.2 Å². The number of anilines is 1. The number of benzene rings is 1. The van der Waals surface area contributed by atoms with Gasteiger partial charge in [0.05, 0.1) is 22.7 Å². The highest BCUT2D eigenvalue weighted by molar-refractivity contribution is 7.20. The summed E-state index contributed by atoms with van der Waals surface area (Å²) >= 11 is 7.27. The van der Waals surface area contributed by atoms with Gasteiger partial charge in [-0.15, -0.1) is 11.3 Å². The van der Waals surface area contributed by atoms with Crippen LogP contribution in [-0.2, 0) is 16.1 Å². The molecule has 0 saturated carbocycles. The number of aryl methyl sites for hydroxylation is 2. The third-order valence-electron chi connectivity index (χ3n) is 5.41. The van der Waals surface area contributed by atoms with E-state index in [1.54, 1.807) is 25.1 Å². The van der Waals surface area contributed by atoms with Crippen molar-refractivity contribution in [2.75, 3.05) is 18.5 Å². The normalized spacial score (nSPS) is 15.8. The van der Waals surface area contributed by atoms with Crippen molar-refractivity contribution < 1.29 is 14.3 Å². The highest BCUT2D eigenvalue weighted by atomic mass is 35.5. The van der Waals surface area contributed by atoms with Gasteiger partial charge in [0.1, 0.15) is 11.4 Å². The number of rotatable bonds is 6. The molecule has 3 heterocycles. The molecular weight excluding hydrogens is 452 g/mol. The molecule has 0 aliphatic carbocycles. The minimum absolute atomic E-state index is 0.0333. The lowest BCUT2D eigenvalue weighted by Crippen LogP contribution is -2.31. The molecule has 2 N–H and O–H groups in total. The second-order valence-corrected chi connectivity index (χ2v) is 9.18. The number of carbonyl (C=O) groups is 2. The highest BCUT2D eigenvalue weighted by Gasteiger charge is 2.22. The minimum atomic E-state index is -0.379. The van der Waals surface area contributed by atoms with Gasteiger partial charge < -0.3 is 15.4 Å². The molecule has 32 heavy (non-hydrogen) atoms. The van der Waals surface area contributed by atoms with Crippen molar-refractivity contribution in [1.29, 1.82) is 0 Å². The van der Waals surface area contributed by atoms with E-state index in [0.29, 0.717) is 37.9 Å². The van der Waals surface area contributed by atoms with Gasteiger partial charge >= 0.3 is 0 Å². The summed E-state index contributed by atoms with van der Waals surface area (Å²) in [7, 11) is 0. The number of halogens is 1. The van der Waals surface area contributed by atoms with Crippen molar-refractivity contribution in [3.63, 3.8) is 0 Å². The van der Waals surface area contributed by atoms with Gasteiger partial charge in [0, 0.05) is 23.9 Å². The van der Waals surface area contributed by atoms with Gasteiger partial charge in [-0.3, -0.25) is 19.0 Å². The molecule has 0 unspecified atom stereocenters. The number of fused-ring (bicyclic) bond motifs is 1. The first-order valence-electron chi connectivity index (χ1n) is 10.3. The summed E-state index contributed by atoms with van der Waals surface area (Å²) in [5.74, 6) is -0.628. The monoisotopic (exact) mass is 474 g/mol. The van der Waals surface area contributed by atoms with Gasteiger partial charge in [-0.1, -0.05) is 17.7 Å². The fourth-order valence-corrected chi connectivity index (χ4v) is 4.84. The number of hydrogen-bond donors (Lipinski definition) is 2. The number of ether oxygens (including phenoxy) is 1. The van der Waals surface area contributed by atoms with Gasteiger partial charge in [0.15, 0.2) is 0 Å². The van der Waals surface area contributed by atoms with Crippen LogP contribution in [0.5, 0.6) is 0 Å². The van der Waals surface area contributed by atoms with Gasteiger partial charge in [-0.25, -0.2) is 4.98 Å². The molecule has 0 bridgehead atoms. The molecule has 4 rings (SSSR count). The molecule has 0 radical (unpaired) electrons. The smallest absolute Gasteiger partial charge is 0.262 e. The quantitative estimate of drug-likeness (QED) is 0.570. The summed E-state index contributed by atoms with van der Waals surface area (Å²) in [5.41, 5.74) is 1.65. The average molecular weight is 475 g/mol. The van der Waals surface area contributed by atoms with E-state index in [0.717, 1.165) is 25.0 Å². The van der Waals surface area contributed by atoms with E-state index in [2.05, 4.69) is 15.6 Å². The van der Waals surface area contributed by atoms with Crippen LogP contribution in [0.3, 0.4) is 0 Å². The number of nitrogens with zero attached hydrogens (tertiary/aromatic N) is 2. The number of carbonyl (C=O) groups excluding carboxylic acids is 2. The predicted molar refractivity (Wildman–Crippen MR) is 125 cm³/mol. The number of thiophene rings is 1.